The number of benzene rings is 1. The lowest BCUT2D eigenvalue weighted by atomic mass is 10.1. The fourth-order valence-corrected chi connectivity index (χ4v) is 2.87. The van der Waals surface area contributed by atoms with Crippen LogP contribution in [0.5, 0.6) is 0 Å². The van der Waals surface area contributed by atoms with E-state index in [2.05, 4.69) is 15.5 Å². The van der Waals surface area contributed by atoms with Crippen molar-refractivity contribution in [2.24, 2.45) is 0 Å². The summed E-state index contributed by atoms with van der Waals surface area (Å²) in [6.45, 7) is 2.58. The first-order valence-electron chi connectivity index (χ1n) is 8.51. The SMILES string of the molecule is CN(CCCc1cc(-c2cccc(F)c2)n[nH]1)C(=O)C1CNCCO1.Cl. The Kier molecular flexibility index (Phi) is 7.56. The second kappa shape index (κ2) is 9.66. The average Bonchev–Trinajstić information content (AvgIpc) is 3.11. The quantitative estimate of drug-likeness (QED) is 0.801. The Morgan fingerprint density at radius 3 is 3.00 bits per heavy atom. The summed E-state index contributed by atoms with van der Waals surface area (Å²) in [5.74, 6) is -0.265. The van der Waals surface area contributed by atoms with Gasteiger partial charge in [0.2, 0.25) is 0 Å². The third-order valence-electron chi connectivity index (χ3n) is 4.27. The van der Waals surface area contributed by atoms with Gasteiger partial charge in [0, 0.05) is 37.9 Å². The smallest absolute Gasteiger partial charge is 0.252 e. The number of rotatable bonds is 6. The van der Waals surface area contributed by atoms with Gasteiger partial charge in [-0.3, -0.25) is 9.89 Å². The van der Waals surface area contributed by atoms with E-state index in [0.29, 0.717) is 19.7 Å². The van der Waals surface area contributed by atoms with Crippen LogP contribution in [0.1, 0.15) is 12.1 Å². The van der Waals surface area contributed by atoms with Gasteiger partial charge in [-0.15, -0.1) is 12.4 Å². The molecule has 8 heteroatoms. The predicted octanol–water partition coefficient (Wildman–Crippen LogP) is 2.02. The number of ether oxygens (including phenoxy) is 1. The van der Waals surface area contributed by atoms with Crippen molar-refractivity contribution >= 4 is 18.3 Å². The van der Waals surface area contributed by atoms with Crippen molar-refractivity contribution in [1.29, 1.82) is 0 Å². The van der Waals surface area contributed by atoms with E-state index in [-0.39, 0.29) is 30.2 Å². The first-order chi connectivity index (χ1) is 12.1. The van der Waals surface area contributed by atoms with Gasteiger partial charge in [-0.05, 0) is 31.0 Å². The molecule has 3 rings (SSSR count). The zero-order chi connectivity index (χ0) is 17.6. The maximum Gasteiger partial charge on any atom is 0.252 e. The largest absolute Gasteiger partial charge is 0.366 e. The summed E-state index contributed by atoms with van der Waals surface area (Å²) in [7, 11) is 1.80. The summed E-state index contributed by atoms with van der Waals surface area (Å²) in [6.07, 6.45) is 1.20. The van der Waals surface area contributed by atoms with Crippen LogP contribution in [-0.2, 0) is 16.0 Å². The molecule has 0 saturated carbocycles. The van der Waals surface area contributed by atoms with Crippen molar-refractivity contribution in [3.8, 4) is 11.3 Å². The number of carbonyl (C=O) groups excluding carboxylic acids is 1. The van der Waals surface area contributed by atoms with Crippen LogP contribution in [-0.4, -0.2) is 60.4 Å². The highest BCUT2D eigenvalue weighted by atomic mass is 35.5. The molecule has 1 aromatic carbocycles. The van der Waals surface area contributed by atoms with Crippen LogP contribution < -0.4 is 5.32 Å². The maximum atomic E-state index is 13.3. The van der Waals surface area contributed by atoms with Gasteiger partial charge < -0.3 is 15.0 Å². The molecule has 1 amide bonds. The average molecular weight is 383 g/mol. The van der Waals surface area contributed by atoms with E-state index in [4.69, 9.17) is 4.74 Å². The van der Waals surface area contributed by atoms with Crippen LogP contribution >= 0.6 is 12.4 Å². The van der Waals surface area contributed by atoms with E-state index in [1.165, 1.54) is 12.1 Å². The maximum absolute atomic E-state index is 13.3. The number of morpholine rings is 1. The molecule has 1 aliphatic rings. The Bertz CT molecular complexity index is 719. The van der Waals surface area contributed by atoms with Crippen molar-refractivity contribution in [3.63, 3.8) is 0 Å². The third-order valence-corrected chi connectivity index (χ3v) is 4.27. The first-order valence-corrected chi connectivity index (χ1v) is 8.51. The number of likely N-dealkylation sites (N-methyl/N-ethyl adjacent to an activating group) is 1. The van der Waals surface area contributed by atoms with Crippen LogP contribution in [0.25, 0.3) is 11.3 Å². The number of nitrogens with one attached hydrogen (secondary N) is 2. The summed E-state index contributed by atoms with van der Waals surface area (Å²) in [5.41, 5.74) is 2.44. The zero-order valence-electron chi connectivity index (χ0n) is 14.7. The van der Waals surface area contributed by atoms with Crippen LogP contribution in [0.3, 0.4) is 0 Å². The molecule has 0 bridgehead atoms. The number of hydrogen-bond acceptors (Lipinski definition) is 4. The van der Waals surface area contributed by atoms with Gasteiger partial charge in [0.25, 0.3) is 5.91 Å². The fraction of sp³-hybridized carbons (Fsp3) is 0.444. The topological polar surface area (TPSA) is 70.2 Å². The lowest BCUT2D eigenvalue weighted by Crippen LogP contribution is -2.48. The number of aromatic nitrogens is 2. The van der Waals surface area contributed by atoms with Crippen molar-refractivity contribution < 1.29 is 13.9 Å². The van der Waals surface area contributed by atoms with Crippen LogP contribution in [0.2, 0.25) is 0 Å². The van der Waals surface area contributed by atoms with Crippen molar-refractivity contribution in [2.75, 3.05) is 33.3 Å². The lowest BCUT2D eigenvalue weighted by Gasteiger charge is -2.27. The minimum atomic E-state index is -0.384. The normalized spacial score (nSPS) is 16.8. The second-order valence-corrected chi connectivity index (χ2v) is 6.22. The third kappa shape index (κ3) is 5.27. The minimum Gasteiger partial charge on any atom is -0.366 e. The highest BCUT2D eigenvalue weighted by molar-refractivity contribution is 5.85. The summed E-state index contributed by atoms with van der Waals surface area (Å²) in [6, 6.07) is 8.29. The number of halogens is 2. The first kappa shape index (κ1) is 20.4. The number of hydrogen-bond donors (Lipinski definition) is 2. The number of amides is 1. The Morgan fingerprint density at radius 1 is 1.42 bits per heavy atom. The molecule has 142 valence electrons. The second-order valence-electron chi connectivity index (χ2n) is 6.22. The molecule has 2 N–H and O–H groups in total. The van der Waals surface area contributed by atoms with E-state index in [1.54, 1.807) is 18.0 Å². The number of H-pyrrole nitrogens is 1. The molecule has 1 atom stereocenters. The fourth-order valence-electron chi connectivity index (χ4n) is 2.87. The summed E-state index contributed by atoms with van der Waals surface area (Å²) in [5, 5.41) is 10.4. The van der Waals surface area contributed by atoms with Crippen LogP contribution in [0.4, 0.5) is 4.39 Å². The number of aromatic amines is 1. The van der Waals surface area contributed by atoms with E-state index in [1.807, 2.05) is 12.1 Å². The molecule has 0 radical (unpaired) electrons. The summed E-state index contributed by atoms with van der Waals surface area (Å²) < 4.78 is 18.8. The highest BCUT2D eigenvalue weighted by Gasteiger charge is 2.24. The monoisotopic (exact) mass is 382 g/mol. The van der Waals surface area contributed by atoms with E-state index in [0.717, 1.165) is 36.3 Å². The van der Waals surface area contributed by atoms with E-state index in [9.17, 15) is 9.18 Å². The predicted molar refractivity (Wildman–Crippen MR) is 99.8 cm³/mol. The molecule has 6 nitrogen and oxygen atoms in total. The van der Waals surface area contributed by atoms with E-state index >= 15 is 0 Å². The molecule has 1 aliphatic heterocycles. The van der Waals surface area contributed by atoms with Crippen molar-refractivity contribution in [2.45, 2.75) is 18.9 Å². The van der Waals surface area contributed by atoms with Gasteiger partial charge in [0.15, 0.2) is 0 Å². The Hall–Kier alpha value is -1.96. The molecule has 2 heterocycles. The molecular formula is C18H24ClFN4O2. The van der Waals surface area contributed by atoms with Gasteiger partial charge in [-0.1, -0.05) is 12.1 Å². The minimum absolute atomic E-state index is 0. The molecular weight excluding hydrogens is 359 g/mol. The van der Waals surface area contributed by atoms with Gasteiger partial charge >= 0.3 is 0 Å². The van der Waals surface area contributed by atoms with Gasteiger partial charge in [0.05, 0.1) is 12.3 Å². The van der Waals surface area contributed by atoms with Gasteiger partial charge in [-0.25, -0.2) is 4.39 Å². The number of carbonyl (C=O) groups is 1. The van der Waals surface area contributed by atoms with E-state index < -0.39 is 0 Å². The van der Waals surface area contributed by atoms with Crippen molar-refractivity contribution in [3.05, 3.63) is 41.8 Å². The number of nitrogens with zero attached hydrogens (tertiary/aromatic N) is 2. The van der Waals surface area contributed by atoms with Gasteiger partial charge in [0.1, 0.15) is 11.9 Å². The standard InChI is InChI=1S/C18H23FN4O2.ClH/c1-23(18(24)17-12-20-7-9-25-17)8-3-6-15-11-16(22-21-15)13-4-2-5-14(19)10-13;/h2,4-5,10-11,17,20H,3,6-9,12H2,1H3,(H,21,22);1H. The molecule has 1 unspecified atom stereocenters. The molecule has 2 aromatic rings. The lowest BCUT2D eigenvalue weighted by molar-refractivity contribution is -0.143. The summed E-state index contributed by atoms with van der Waals surface area (Å²) in [4.78, 5) is 14.0. The van der Waals surface area contributed by atoms with Gasteiger partial charge in [-0.2, -0.15) is 5.10 Å². The Morgan fingerprint density at radius 2 is 2.27 bits per heavy atom. The van der Waals surface area contributed by atoms with Crippen molar-refractivity contribution in [1.82, 2.24) is 20.4 Å². The molecule has 1 fully saturated rings. The zero-order valence-corrected chi connectivity index (χ0v) is 15.5. The Labute approximate surface area is 158 Å². The molecule has 0 aliphatic carbocycles. The highest BCUT2D eigenvalue weighted by Crippen LogP contribution is 2.19. The van der Waals surface area contributed by atoms with Crippen LogP contribution in [0.15, 0.2) is 30.3 Å². The number of aryl methyl sites for hydroxylation is 1. The van der Waals surface area contributed by atoms with Crippen LogP contribution in [0, 0.1) is 5.82 Å². The molecule has 26 heavy (non-hydrogen) atoms. The molecule has 0 spiro atoms. The molecule has 1 saturated heterocycles. The Balaban J connectivity index is 0.00000243. The molecule has 1 aromatic heterocycles. The summed E-state index contributed by atoms with van der Waals surface area (Å²) >= 11 is 0.